The Kier molecular flexibility index (Phi) is 7.63. The normalized spacial score (nSPS) is 13.1. The third-order valence-corrected chi connectivity index (χ3v) is 5.58. The van der Waals surface area contributed by atoms with Crippen molar-refractivity contribution in [3.8, 4) is 0 Å². The number of nitrogens with zero attached hydrogens (tertiary/aromatic N) is 4. The van der Waals surface area contributed by atoms with Gasteiger partial charge in [0, 0.05) is 43.4 Å². The van der Waals surface area contributed by atoms with Crippen molar-refractivity contribution in [3.63, 3.8) is 0 Å². The lowest BCUT2D eigenvalue weighted by Gasteiger charge is -2.18. The highest BCUT2D eigenvalue weighted by Gasteiger charge is 2.13. The molecule has 0 saturated carbocycles. The molecule has 2 rings (SSSR count). The topological polar surface area (TPSA) is 67.1 Å². The predicted octanol–water partition coefficient (Wildman–Crippen LogP) is 2.92. The summed E-state index contributed by atoms with van der Waals surface area (Å²) < 4.78 is 1.95. The highest BCUT2D eigenvalue weighted by Crippen LogP contribution is 2.14. The van der Waals surface area contributed by atoms with Crippen LogP contribution in [0.15, 0.2) is 10.4 Å². The van der Waals surface area contributed by atoms with Crippen molar-refractivity contribution in [2.75, 3.05) is 13.6 Å². The van der Waals surface area contributed by atoms with E-state index >= 15 is 0 Å². The number of rotatable bonds is 8. The summed E-state index contributed by atoms with van der Waals surface area (Å²) in [7, 11) is 3.82. The van der Waals surface area contributed by atoms with E-state index < -0.39 is 0 Å². The summed E-state index contributed by atoms with van der Waals surface area (Å²) in [5.74, 6) is 0.863. The maximum absolute atomic E-state index is 4.51. The molecule has 0 amide bonds. The Labute approximate surface area is 161 Å². The Balaban J connectivity index is 1.71. The van der Waals surface area contributed by atoms with Crippen LogP contribution in [-0.4, -0.2) is 40.4 Å². The van der Waals surface area contributed by atoms with Crippen LogP contribution in [0, 0.1) is 20.8 Å². The molecular weight excluding hydrogens is 344 g/mol. The average Bonchev–Trinajstić information content (AvgIpc) is 3.11. The molecule has 0 spiro atoms. The van der Waals surface area contributed by atoms with Crippen LogP contribution in [0.5, 0.6) is 0 Å². The Morgan fingerprint density at radius 2 is 2.08 bits per heavy atom. The van der Waals surface area contributed by atoms with Crippen molar-refractivity contribution < 1.29 is 0 Å². The van der Waals surface area contributed by atoms with E-state index in [1.165, 1.54) is 16.3 Å². The van der Waals surface area contributed by atoms with Crippen molar-refractivity contribution in [2.45, 2.75) is 59.4 Å². The molecule has 0 aliphatic rings. The lowest BCUT2D eigenvalue weighted by Crippen LogP contribution is -2.43. The standard InChI is InChI=1S/C19H32N6S/c1-13(11-17-15(3)24-25(6)16(17)4)23-19(20-5)21-10-8-7-9-18-22-14(2)12-26-18/h12-13H,7-11H2,1-6H3,(H2,20,21,23). The molecule has 2 aromatic rings. The van der Waals surface area contributed by atoms with Crippen LogP contribution >= 0.6 is 11.3 Å². The molecule has 0 radical (unpaired) electrons. The number of guanidine groups is 1. The van der Waals surface area contributed by atoms with Crippen LogP contribution in [0.3, 0.4) is 0 Å². The van der Waals surface area contributed by atoms with Crippen LogP contribution in [0.2, 0.25) is 0 Å². The molecule has 6 nitrogen and oxygen atoms in total. The zero-order chi connectivity index (χ0) is 19.1. The first-order valence-electron chi connectivity index (χ1n) is 9.28. The van der Waals surface area contributed by atoms with E-state index in [0.29, 0.717) is 6.04 Å². The Hall–Kier alpha value is -1.89. The first-order valence-corrected chi connectivity index (χ1v) is 10.2. The number of aryl methyl sites for hydroxylation is 4. The molecule has 2 N–H and O–H groups in total. The van der Waals surface area contributed by atoms with E-state index in [2.05, 4.69) is 51.9 Å². The maximum Gasteiger partial charge on any atom is 0.191 e. The molecule has 0 bridgehead atoms. The van der Waals surface area contributed by atoms with Crippen LogP contribution in [-0.2, 0) is 19.9 Å². The fourth-order valence-electron chi connectivity index (χ4n) is 3.02. The molecule has 0 aliphatic carbocycles. The smallest absolute Gasteiger partial charge is 0.191 e. The highest BCUT2D eigenvalue weighted by atomic mass is 32.1. The van der Waals surface area contributed by atoms with Crippen molar-refractivity contribution in [1.29, 1.82) is 0 Å². The summed E-state index contributed by atoms with van der Waals surface area (Å²) in [4.78, 5) is 8.85. The Bertz CT molecular complexity index is 730. The van der Waals surface area contributed by atoms with Gasteiger partial charge in [0.1, 0.15) is 0 Å². The highest BCUT2D eigenvalue weighted by molar-refractivity contribution is 7.09. The SMILES string of the molecule is CN=C(NCCCCc1nc(C)cs1)NC(C)Cc1c(C)nn(C)c1C. The van der Waals surface area contributed by atoms with E-state index in [1.807, 2.05) is 25.7 Å². The zero-order valence-electron chi connectivity index (χ0n) is 16.9. The Morgan fingerprint density at radius 1 is 1.31 bits per heavy atom. The first kappa shape index (κ1) is 20.4. The summed E-state index contributed by atoms with van der Waals surface area (Å²) in [6.07, 6.45) is 4.24. The summed E-state index contributed by atoms with van der Waals surface area (Å²) in [5.41, 5.74) is 4.79. The molecular formula is C19H32N6S. The maximum atomic E-state index is 4.51. The molecule has 1 atom stereocenters. The van der Waals surface area contributed by atoms with Crippen LogP contribution in [0.1, 0.15) is 47.4 Å². The predicted molar refractivity (Wildman–Crippen MR) is 110 cm³/mol. The average molecular weight is 377 g/mol. The number of hydrogen-bond acceptors (Lipinski definition) is 4. The van der Waals surface area contributed by atoms with E-state index in [-0.39, 0.29) is 0 Å². The summed E-state index contributed by atoms with van der Waals surface area (Å²) in [5, 5.41) is 14.7. The monoisotopic (exact) mass is 376 g/mol. The van der Waals surface area contributed by atoms with Crippen LogP contribution in [0.25, 0.3) is 0 Å². The molecule has 0 aliphatic heterocycles. The van der Waals surface area contributed by atoms with Gasteiger partial charge >= 0.3 is 0 Å². The molecule has 2 heterocycles. The minimum absolute atomic E-state index is 0.293. The largest absolute Gasteiger partial charge is 0.356 e. The van der Waals surface area contributed by atoms with E-state index in [9.17, 15) is 0 Å². The second-order valence-corrected chi connectivity index (χ2v) is 7.80. The van der Waals surface area contributed by atoms with Crippen molar-refractivity contribution in [3.05, 3.63) is 33.0 Å². The summed E-state index contributed by atoms with van der Waals surface area (Å²) >= 11 is 1.76. The van der Waals surface area contributed by atoms with Crippen LogP contribution < -0.4 is 10.6 Å². The molecule has 1 unspecified atom stereocenters. The Morgan fingerprint density at radius 3 is 2.65 bits per heavy atom. The lowest BCUT2D eigenvalue weighted by atomic mass is 10.1. The fraction of sp³-hybridized carbons (Fsp3) is 0.632. The van der Waals surface area contributed by atoms with Gasteiger partial charge in [0.05, 0.1) is 10.7 Å². The number of unbranched alkanes of at least 4 members (excludes halogenated alkanes) is 1. The number of hydrogen-bond donors (Lipinski definition) is 2. The lowest BCUT2D eigenvalue weighted by molar-refractivity contribution is 0.625. The quantitative estimate of drug-likeness (QED) is 0.422. The molecule has 2 aromatic heterocycles. The molecule has 26 heavy (non-hydrogen) atoms. The second-order valence-electron chi connectivity index (χ2n) is 6.86. The fourth-order valence-corrected chi connectivity index (χ4v) is 3.84. The van der Waals surface area contributed by atoms with Gasteiger partial charge in [0.15, 0.2) is 5.96 Å². The zero-order valence-corrected chi connectivity index (χ0v) is 17.7. The molecule has 7 heteroatoms. The van der Waals surface area contributed by atoms with Gasteiger partial charge in [-0.15, -0.1) is 11.3 Å². The number of aromatic nitrogens is 3. The van der Waals surface area contributed by atoms with Gasteiger partial charge in [-0.2, -0.15) is 5.10 Å². The van der Waals surface area contributed by atoms with Crippen molar-refractivity contribution >= 4 is 17.3 Å². The number of aliphatic imine (C=N–C) groups is 1. The minimum Gasteiger partial charge on any atom is -0.356 e. The van der Waals surface area contributed by atoms with Gasteiger partial charge in [0.25, 0.3) is 0 Å². The number of thiazole rings is 1. The second kappa shape index (κ2) is 9.71. The van der Waals surface area contributed by atoms with Gasteiger partial charge in [-0.05, 0) is 58.9 Å². The van der Waals surface area contributed by atoms with Gasteiger partial charge in [-0.1, -0.05) is 0 Å². The first-order chi connectivity index (χ1) is 12.4. The third-order valence-electron chi connectivity index (χ3n) is 4.55. The van der Waals surface area contributed by atoms with Crippen molar-refractivity contribution in [2.24, 2.45) is 12.0 Å². The van der Waals surface area contributed by atoms with Gasteiger partial charge in [-0.3, -0.25) is 9.67 Å². The summed E-state index contributed by atoms with van der Waals surface area (Å²) in [6, 6.07) is 0.293. The van der Waals surface area contributed by atoms with Gasteiger partial charge < -0.3 is 10.6 Å². The molecule has 0 fully saturated rings. The molecule has 0 saturated heterocycles. The van der Waals surface area contributed by atoms with Crippen molar-refractivity contribution in [1.82, 2.24) is 25.4 Å². The van der Waals surface area contributed by atoms with E-state index in [1.54, 1.807) is 11.3 Å². The van der Waals surface area contributed by atoms with Crippen LogP contribution in [0.4, 0.5) is 0 Å². The minimum atomic E-state index is 0.293. The molecule has 0 aromatic carbocycles. The number of nitrogens with one attached hydrogen (secondary N) is 2. The third kappa shape index (κ3) is 5.83. The van der Waals surface area contributed by atoms with E-state index in [0.717, 1.165) is 49.6 Å². The van der Waals surface area contributed by atoms with Gasteiger partial charge in [0.2, 0.25) is 0 Å². The van der Waals surface area contributed by atoms with Gasteiger partial charge in [-0.25, -0.2) is 4.98 Å². The molecule has 144 valence electrons. The van der Waals surface area contributed by atoms with E-state index in [4.69, 9.17) is 0 Å². The summed E-state index contributed by atoms with van der Waals surface area (Å²) in [6.45, 7) is 9.35.